The monoisotopic (exact) mass is 344 g/mol. The van der Waals surface area contributed by atoms with Gasteiger partial charge in [0.05, 0.1) is 4.90 Å². The van der Waals surface area contributed by atoms with Crippen LogP contribution in [0.4, 0.5) is 0 Å². The fraction of sp³-hybridized carbons (Fsp3) is 0.278. The molecular formula is C18H20N2O3S. The lowest BCUT2D eigenvalue weighted by Crippen LogP contribution is -2.28. The van der Waals surface area contributed by atoms with Gasteiger partial charge in [-0.05, 0) is 35.2 Å². The molecule has 0 spiro atoms. The molecule has 1 saturated carbocycles. The highest BCUT2D eigenvalue weighted by Crippen LogP contribution is 2.58. The smallest absolute Gasteiger partial charge is 0.251 e. The normalized spacial score (nSPS) is 22.0. The number of hydrogen-bond acceptors (Lipinski definition) is 3. The number of sulfonamides is 1. The van der Waals surface area contributed by atoms with Crippen molar-refractivity contribution in [2.45, 2.75) is 30.7 Å². The van der Waals surface area contributed by atoms with Gasteiger partial charge in [0.15, 0.2) is 0 Å². The van der Waals surface area contributed by atoms with E-state index in [2.05, 4.69) is 19.2 Å². The maximum absolute atomic E-state index is 12.3. The third-order valence-electron chi connectivity index (χ3n) is 4.72. The van der Waals surface area contributed by atoms with Gasteiger partial charge in [0.1, 0.15) is 0 Å². The Hall–Kier alpha value is -2.18. The van der Waals surface area contributed by atoms with Gasteiger partial charge in [-0.3, -0.25) is 4.79 Å². The Labute approximate surface area is 141 Å². The average molecular weight is 344 g/mol. The van der Waals surface area contributed by atoms with Gasteiger partial charge in [-0.2, -0.15) is 0 Å². The standard InChI is InChI=1S/C18H20N2O3S/c1-18(2)15(12-8-10-14(11-9-12)24(19,22)23)16(18)20-17(21)13-6-4-3-5-7-13/h3-11,15-16H,1-2H3,(H,20,21)(H2,19,22,23). The van der Waals surface area contributed by atoms with Crippen LogP contribution >= 0.6 is 0 Å². The van der Waals surface area contributed by atoms with Gasteiger partial charge in [0, 0.05) is 17.5 Å². The van der Waals surface area contributed by atoms with E-state index in [0.717, 1.165) is 5.56 Å². The van der Waals surface area contributed by atoms with Crippen LogP contribution in [-0.4, -0.2) is 20.4 Å². The molecule has 1 amide bonds. The molecule has 24 heavy (non-hydrogen) atoms. The Balaban J connectivity index is 1.77. The number of rotatable bonds is 4. The highest BCUT2D eigenvalue weighted by molar-refractivity contribution is 7.89. The lowest BCUT2D eigenvalue weighted by molar-refractivity contribution is 0.0946. The summed E-state index contributed by atoms with van der Waals surface area (Å²) < 4.78 is 22.7. The molecule has 2 atom stereocenters. The van der Waals surface area contributed by atoms with Crippen LogP contribution in [0.15, 0.2) is 59.5 Å². The summed E-state index contributed by atoms with van der Waals surface area (Å²) in [7, 11) is -3.69. The van der Waals surface area contributed by atoms with Gasteiger partial charge in [-0.25, -0.2) is 13.6 Å². The predicted molar refractivity (Wildman–Crippen MR) is 92.0 cm³/mol. The third kappa shape index (κ3) is 3.07. The van der Waals surface area contributed by atoms with Crippen molar-refractivity contribution in [3.05, 3.63) is 65.7 Å². The second-order valence-corrected chi connectivity index (χ2v) is 8.29. The molecule has 3 N–H and O–H groups in total. The fourth-order valence-corrected chi connectivity index (χ4v) is 3.72. The molecule has 0 bridgehead atoms. The van der Waals surface area contributed by atoms with Crippen LogP contribution in [0.25, 0.3) is 0 Å². The number of hydrogen-bond donors (Lipinski definition) is 2. The molecule has 2 aromatic carbocycles. The number of nitrogens with two attached hydrogens (primary N) is 1. The van der Waals surface area contributed by atoms with Crippen LogP contribution in [-0.2, 0) is 10.0 Å². The van der Waals surface area contributed by atoms with Crippen LogP contribution in [0.5, 0.6) is 0 Å². The molecule has 0 heterocycles. The summed E-state index contributed by atoms with van der Waals surface area (Å²) in [6.45, 7) is 4.17. The Morgan fingerprint density at radius 2 is 1.62 bits per heavy atom. The summed E-state index contributed by atoms with van der Waals surface area (Å²) in [5, 5.41) is 8.20. The highest BCUT2D eigenvalue weighted by Gasteiger charge is 2.59. The second kappa shape index (κ2) is 5.72. The fourth-order valence-electron chi connectivity index (χ4n) is 3.21. The van der Waals surface area contributed by atoms with E-state index >= 15 is 0 Å². The van der Waals surface area contributed by atoms with E-state index in [9.17, 15) is 13.2 Å². The first-order valence-electron chi connectivity index (χ1n) is 7.70. The van der Waals surface area contributed by atoms with Crippen molar-refractivity contribution in [1.29, 1.82) is 0 Å². The molecule has 2 aromatic rings. The first-order valence-corrected chi connectivity index (χ1v) is 9.24. The average Bonchev–Trinajstić information content (AvgIpc) is 3.08. The van der Waals surface area contributed by atoms with E-state index in [0.29, 0.717) is 5.56 Å². The molecule has 1 aliphatic carbocycles. The summed E-state index contributed by atoms with van der Waals surface area (Å²) in [5.74, 6) is 0.0389. The van der Waals surface area contributed by atoms with E-state index in [1.54, 1.807) is 24.3 Å². The zero-order valence-electron chi connectivity index (χ0n) is 13.6. The van der Waals surface area contributed by atoms with E-state index < -0.39 is 10.0 Å². The minimum Gasteiger partial charge on any atom is -0.348 e. The SMILES string of the molecule is CC1(C)C(NC(=O)c2ccccc2)C1c1ccc(S(N)(=O)=O)cc1. The van der Waals surface area contributed by atoms with E-state index in [4.69, 9.17) is 5.14 Å². The van der Waals surface area contributed by atoms with Gasteiger partial charge in [-0.1, -0.05) is 44.2 Å². The molecule has 1 aliphatic rings. The van der Waals surface area contributed by atoms with Crippen LogP contribution in [0, 0.1) is 5.41 Å². The number of benzene rings is 2. The number of amides is 1. The molecule has 2 unspecified atom stereocenters. The number of nitrogens with one attached hydrogen (secondary N) is 1. The third-order valence-corrected chi connectivity index (χ3v) is 5.65. The maximum Gasteiger partial charge on any atom is 0.251 e. The van der Waals surface area contributed by atoms with E-state index in [-0.39, 0.29) is 28.2 Å². The quantitative estimate of drug-likeness (QED) is 0.891. The highest BCUT2D eigenvalue weighted by atomic mass is 32.2. The Morgan fingerprint density at radius 1 is 1.04 bits per heavy atom. The molecule has 0 radical (unpaired) electrons. The minimum atomic E-state index is -3.69. The van der Waals surface area contributed by atoms with Crippen LogP contribution in [0.3, 0.4) is 0 Å². The van der Waals surface area contributed by atoms with Gasteiger partial charge in [0.2, 0.25) is 10.0 Å². The molecule has 1 fully saturated rings. The van der Waals surface area contributed by atoms with E-state index in [1.807, 2.05) is 18.2 Å². The van der Waals surface area contributed by atoms with Crippen molar-refractivity contribution in [3.8, 4) is 0 Å². The molecule has 3 rings (SSSR count). The molecule has 5 nitrogen and oxygen atoms in total. The molecular weight excluding hydrogens is 324 g/mol. The lowest BCUT2D eigenvalue weighted by atomic mass is 10.0. The number of carbonyl (C=O) groups excluding carboxylic acids is 1. The Kier molecular flexibility index (Phi) is 3.97. The molecule has 6 heteroatoms. The summed E-state index contributed by atoms with van der Waals surface area (Å²) in [5.41, 5.74) is 1.53. The zero-order chi connectivity index (χ0) is 17.5. The first kappa shape index (κ1) is 16.7. The van der Waals surface area contributed by atoms with Gasteiger partial charge < -0.3 is 5.32 Å². The zero-order valence-corrected chi connectivity index (χ0v) is 14.4. The van der Waals surface area contributed by atoms with Crippen LogP contribution < -0.4 is 10.5 Å². The Morgan fingerprint density at radius 3 is 2.17 bits per heavy atom. The summed E-state index contributed by atoms with van der Waals surface area (Å²) in [4.78, 5) is 12.4. The van der Waals surface area contributed by atoms with Gasteiger partial charge >= 0.3 is 0 Å². The van der Waals surface area contributed by atoms with Crippen molar-refractivity contribution in [2.75, 3.05) is 0 Å². The summed E-state index contributed by atoms with van der Waals surface area (Å²) >= 11 is 0. The molecule has 0 saturated heterocycles. The minimum absolute atomic E-state index is 0.00513. The summed E-state index contributed by atoms with van der Waals surface area (Å²) in [6, 6.07) is 15.6. The first-order chi connectivity index (χ1) is 11.2. The van der Waals surface area contributed by atoms with Crippen molar-refractivity contribution in [2.24, 2.45) is 10.6 Å². The topological polar surface area (TPSA) is 89.3 Å². The molecule has 0 aromatic heterocycles. The van der Waals surface area contributed by atoms with E-state index in [1.165, 1.54) is 12.1 Å². The Bertz CT molecular complexity index is 859. The lowest BCUT2D eigenvalue weighted by Gasteiger charge is -2.06. The van der Waals surface area contributed by atoms with Crippen molar-refractivity contribution in [3.63, 3.8) is 0 Å². The number of primary sulfonamides is 1. The largest absolute Gasteiger partial charge is 0.348 e. The van der Waals surface area contributed by atoms with Gasteiger partial charge in [0.25, 0.3) is 5.91 Å². The van der Waals surface area contributed by atoms with Gasteiger partial charge in [-0.15, -0.1) is 0 Å². The number of carbonyl (C=O) groups is 1. The molecule has 0 aliphatic heterocycles. The van der Waals surface area contributed by atoms with Crippen LogP contribution in [0.1, 0.15) is 35.7 Å². The predicted octanol–water partition coefficient (Wildman–Crippen LogP) is 2.26. The second-order valence-electron chi connectivity index (χ2n) is 6.73. The van der Waals surface area contributed by atoms with Crippen LogP contribution in [0.2, 0.25) is 0 Å². The summed E-state index contributed by atoms with van der Waals surface area (Å²) in [6.07, 6.45) is 0. The maximum atomic E-state index is 12.3. The van der Waals surface area contributed by atoms with Crippen molar-refractivity contribution >= 4 is 15.9 Å². The molecule has 126 valence electrons. The van der Waals surface area contributed by atoms with Crippen molar-refractivity contribution < 1.29 is 13.2 Å². The van der Waals surface area contributed by atoms with Crippen molar-refractivity contribution in [1.82, 2.24) is 5.32 Å².